The molecule has 2 rings (SSSR count). The minimum Gasteiger partial charge on any atom is -0.465 e. The van der Waals surface area contributed by atoms with Crippen LogP contribution in [0.1, 0.15) is 10.4 Å². The topological polar surface area (TPSA) is 70.5 Å². The van der Waals surface area contributed by atoms with Crippen LogP contribution in [0, 0.1) is 0 Å². The fourth-order valence-corrected chi connectivity index (χ4v) is 1.63. The van der Waals surface area contributed by atoms with Crippen LogP contribution in [-0.4, -0.2) is 29.5 Å². The highest BCUT2D eigenvalue weighted by Gasteiger charge is 2.09. The van der Waals surface area contributed by atoms with Gasteiger partial charge in [0.25, 0.3) is 0 Å². The number of aldehydes is 1. The van der Waals surface area contributed by atoms with E-state index in [1.54, 1.807) is 30.3 Å². The van der Waals surface area contributed by atoms with E-state index in [1.807, 2.05) is 6.07 Å². The molecule has 1 aromatic heterocycles. The Bertz CT molecular complexity index is 608. The van der Waals surface area contributed by atoms with Gasteiger partial charge in [-0.15, -0.1) is 0 Å². The van der Waals surface area contributed by atoms with Crippen molar-refractivity contribution in [2.75, 3.05) is 11.9 Å². The van der Waals surface area contributed by atoms with Crippen molar-refractivity contribution in [2.24, 2.45) is 0 Å². The summed E-state index contributed by atoms with van der Waals surface area (Å²) in [6.07, 6.45) is 1.18. The largest absolute Gasteiger partial charge is 0.465 e. The van der Waals surface area contributed by atoms with E-state index in [1.165, 1.54) is 13.2 Å². The van der Waals surface area contributed by atoms with Crippen molar-refractivity contribution in [3.05, 3.63) is 48.2 Å². The van der Waals surface area contributed by atoms with Gasteiger partial charge in [0.15, 0.2) is 6.29 Å². The lowest BCUT2D eigenvalue weighted by Crippen LogP contribution is -2.23. The fraction of sp³-hybridized carbons (Fsp3) is 0.0714. The minimum atomic E-state index is -1.03. The van der Waals surface area contributed by atoms with Crippen LogP contribution in [0.5, 0.6) is 0 Å². The molecular weight excluding hydrogens is 244 g/mol. The molecule has 0 aliphatic carbocycles. The highest BCUT2D eigenvalue weighted by molar-refractivity contribution is 5.86. The Morgan fingerprint density at radius 2 is 2.11 bits per heavy atom. The molecule has 1 aromatic carbocycles. The van der Waals surface area contributed by atoms with Crippen molar-refractivity contribution in [1.29, 1.82) is 0 Å². The summed E-state index contributed by atoms with van der Waals surface area (Å²) in [5, 5.41) is 8.94. The van der Waals surface area contributed by atoms with E-state index in [4.69, 9.17) is 5.11 Å². The Labute approximate surface area is 110 Å². The smallest absolute Gasteiger partial charge is 0.411 e. The van der Waals surface area contributed by atoms with Gasteiger partial charge in [-0.1, -0.05) is 12.1 Å². The number of carboxylic acid groups (broad SMARTS) is 1. The molecule has 0 fully saturated rings. The van der Waals surface area contributed by atoms with Gasteiger partial charge in [0.05, 0.1) is 5.69 Å². The monoisotopic (exact) mass is 256 g/mol. The normalized spacial score (nSPS) is 9.95. The first kappa shape index (κ1) is 12.8. The number of carbonyl (C=O) groups excluding carboxylic acids is 1. The third-order valence-corrected chi connectivity index (χ3v) is 2.74. The lowest BCUT2D eigenvalue weighted by Gasteiger charge is -2.13. The number of benzene rings is 1. The summed E-state index contributed by atoms with van der Waals surface area (Å²) in [5.41, 5.74) is 2.54. The second-order valence-corrected chi connectivity index (χ2v) is 3.99. The zero-order valence-electron chi connectivity index (χ0n) is 10.3. The van der Waals surface area contributed by atoms with E-state index < -0.39 is 6.09 Å². The Kier molecular flexibility index (Phi) is 3.56. The summed E-state index contributed by atoms with van der Waals surface area (Å²) < 4.78 is 0. The lowest BCUT2D eigenvalue weighted by atomic mass is 10.1. The van der Waals surface area contributed by atoms with Gasteiger partial charge in [0.2, 0.25) is 0 Å². The molecule has 2 aromatic rings. The zero-order chi connectivity index (χ0) is 13.8. The summed E-state index contributed by atoms with van der Waals surface area (Å²) >= 11 is 0. The van der Waals surface area contributed by atoms with Crippen molar-refractivity contribution < 1.29 is 14.7 Å². The Morgan fingerprint density at radius 3 is 2.68 bits per heavy atom. The van der Waals surface area contributed by atoms with Gasteiger partial charge in [-0.05, 0) is 24.3 Å². The molecule has 1 N–H and O–H groups in total. The molecule has 0 saturated carbocycles. The molecule has 0 bridgehead atoms. The van der Waals surface area contributed by atoms with Gasteiger partial charge in [0.1, 0.15) is 0 Å². The van der Waals surface area contributed by atoms with E-state index in [2.05, 4.69) is 4.98 Å². The number of hydrogen-bond acceptors (Lipinski definition) is 3. The van der Waals surface area contributed by atoms with Crippen LogP contribution < -0.4 is 4.90 Å². The summed E-state index contributed by atoms with van der Waals surface area (Å²) in [4.78, 5) is 26.8. The molecule has 1 heterocycles. The predicted molar refractivity (Wildman–Crippen MR) is 71.5 cm³/mol. The number of rotatable bonds is 3. The van der Waals surface area contributed by atoms with Crippen molar-refractivity contribution >= 4 is 18.1 Å². The highest BCUT2D eigenvalue weighted by Crippen LogP contribution is 2.22. The highest BCUT2D eigenvalue weighted by atomic mass is 16.4. The maximum atomic E-state index is 10.9. The van der Waals surface area contributed by atoms with Crippen LogP contribution in [-0.2, 0) is 0 Å². The molecule has 5 nitrogen and oxygen atoms in total. The summed E-state index contributed by atoms with van der Waals surface area (Å²) in [6.45, 7) is 0. The molecule has 0 unspecified atom stereocenters. The molecular formula is C14H12N2O3. The molecule has 96 valence electrons. The van der Waals surface area contributed by atoms with E-state index >= 15 is 0 Å². The standard InChI is InChI=1S/C14H12N2O3/c1-16(14(18)19)12-4-2-3-11(7-12)13-6-5-10(9-17)8-15-13/h2-9H,1H3,(H,18,19). The van der Waals surface area contributed by atoms with Gasteiger partial charge in [-0.3, -0.25) is 14.7 Å². The second kappa shape index (κ2) is 5.30. The van der Waals surface area contributed by atoms with E-state index in [0.29, 0.717) is 16.9 Å². The first-order chi connectivity index (χ1) is 9.11. The SMILES string of the molecule is CN(C(=O)O)c1cccc(-c2ccc(C=O)cn2)c1. The fourth-order valence-electron chi connectivity index (χ4n) is 1.63. The summed E-state index contributed by atoms with van der Waals surface area (Å²) in [5.74, 6) is 0. The Morgan fingerprint density at radius 1 is 1.32 bits per heavy atom. The van der Waals surface area contributed by atoms with E-state index in [9.17, 15) is 9.59 Å². The molecule has 0 aliphatic heterocycles. The maximum absolute atomic E-state index is 10.9. The van der Waals surface area contributed by atoms with Crippen molar-refractivity contribution in [1.82, 2.24) is 4.98 Å². The van der Waals surface area contributed by atoms with Gasteiger partial charge < -0.3 is 5.11 Å². The lowest BCUT2D eigenvalue weighted by molar-refractivity contribution is 0.112. The number of hydrogen-bond donors (Lipinski definition) is 1. The number of aromatic nitrogens is 1. The third-order valence-electron chi connectivity index (χ3n) is 2.74. The maximum Gasteiger partial charge on any atom is 0.411 e. The van der Waals surface area contributed by atoms with Crippen molar-refractivity contribution in [3.8, 4) is 11.3 Å². The number of nitrogens with zero attached hydrogens (tertiary/aromatic N) is 2. The first-order valence-corrected chi connectivity index (χ1v) is 5.60. The molecule has 0 spiro atoms. The minimum absolute atomic E-state index is 0.502. The number of carbonyl (C=O) groups is 2. The van der Waals surface area contributed by atoms with Gasteiger partial charge in [0, 0.05) is 30.1 Å². The molecule has 19 heavy (non-hydrogen) atoms. The van der Waals surface area contributed by atoms with Gasteiger partial charge in [-0.25, -0.2) is 4.79 Å². The molecule has 0 saturated heterocycles. The first-order valence-electron chi connectivity index (χ1n) is 5.60. The number of pyridine rings is 1. The third kappa shape index (κ3) is 2.77. The van der Waals surface area contributed by atoms with Gasteiger partial charge >= 0.3 is 6.09 Å². The quantitative estimate of drug-likeness (QED) is 0.857. The van der Waals surface area contributed by atoms with Crippen LogP contribution in [0.2, 0.25) is 0 Å². The van der Waals surface area contributed by atoms with Gasteiger partial charge in [-0.2, -0.15) is 0 Å². The van der Waals surface area contributed by atoms with Crippen LogP contribution in [0.3, 0.4) is 0 Å². The molecule has 0 atom stereocenters. The second-order valence-electron chi connectivity index (χ2n) is 3.99. The van der Waals surface area contributed by atoms with Crippen LogP contribution in [0.15, 0.2) is 42.6 Å². The Hall–Kier alpha value is -2.69. The molecule has 1 amide bonds. The molecule has 0 aliphatic rings. The van der Waals surface area contributed by atoms with Crippen molar-refractivity contribution in [3.63, 3.8) is 0 Å². The average Bonchev–Trinajstić information content (AvgIpc) is 2.46. The number of amides is 1. The van der Waals surface area contributed by atoms with Crippen LogP contribution >= 0.6 is 0 Å². The van der Waals surface area contributed by atoms with E-state index in [-0.39, 0.29) is 0 Å². The molecule has 0 radical (unpaired) electrons. The summed E-state index contributed by atoms with van der Waals surface area (Å²) in [7, 11) is 1.48. The predicted octanol–water partition coefficient (Wildman–Crippen LogP) is 2.68. The van der Waals surface area contributed by atoms with E-state index in [0.717, 1.165) is 16.7 Å². The molecule has 5 heteroatoms. The Balaban J connectivity index is 2.36. The number of anilines is 1. The summed E-state index contributed by atoms with van der Waals surface area (Å²) in [6, 6.07) is 10.4. The zero-order valence-corrected chi connectivity index (χ0v) is 10.3. The average molecular weight is 256 g/mol. The van der Waals surface area contributed by atoms with Crippen molar-refractivity contribution in [2.45, 2.75) is 0 Å². The van der Waals surface area contributed by atoms with Crippen LogP contribution in [0.4, 0.5) is 10.5 Å². The van der Waals surface area contributed by atoms with Crippen LogP contribution in [0.25, 0.3) is 11.3 Å².